The van der Waals surface area contributed by atoms with E-state index in [2.05, 4.69) is 407 Å². The minimum atomic E-state index is 1.16. The molecule has 0 fully saturated rings. The highest BCUT2D eigenvalue weighted by atomic mass is 15.0. The number of benzene rings is 18. The molecule has 0 bridgehead atoms. The van der Waals surface area contributed by atoms with Gasteiger partial charge >= 0.3 is 0 Å². The molecule has 0 aliphatic carbocycles. The molecular formula is C100H64N4. The van der Waals surface area contributed by atoms with Crippen LogP contribution in [0.2, 0.25) is 0 Å². The Morgan fingerprint density at radius 2 is 0.365 bits per heavy atom. The van der Waals surface area contributed by atoms with Crippen molar-refractivity contribution in [3.63, 3.8) is 0 Å². The van der Waals surface area contributed by atoms with Gasteiger partial charge in [0.1, 0.15) is 0 Å². The maximum atomic E-state index is 2.42. The third-order valence-corrected chi connectivity index (χ3v) is 21.8. The lowest BCUT2D eigenvalue weighted by molar-refractivity contribution is 1.18. The first kappa shape index (κ1) is 59.1. The molecule has 0 saturated carbocycles. The summed E-state index contributed by atoms with van der Waals surface area (Å²) in [4.78, 5) is 0. The molecule has 18 aromatic carbocycles. The molecule has 0 unspecified atom stereocenters. The fourth-order valence-electron chi connectivity index (χ4n) is 17.0. The van der Waals surface area contributed by atoms with Gasteiger partial charge in [0.25, 0.3) is 0 Å². The lowest BCUT2D eigenvalue weighted by Gasteiger charge is -2.11. The van der Waals surface area contributed by atoms with Gasteiger partial charge in [-0.25, -0.2) is 0 Å². The number of hydrogen-bond acceptors (Lipinski definition) is 0. The van der Waals surface area contributed by atoms with Gasteiger partial charge in [0.2, 0.25) is 0 Å². The molecule has 0 radical (unpaired) electrons. The zero-order valence-electron chi connectivity index (χ0n) is 56.7. The quantitative estimate of drug-likeness (QED) is 0.144. The molecule has 4 heteroatoms. The third kappa shape index (κ3) is 9.46. The van der Waals surface area contributed by atoms with Crippen molar-refractivity contribution in [3.05, 3.63) is 388 Å². The van der Waals surface area contributed by atoms with E-state index in [-0.39, 0.29) is 0 Å². The van der Waals surface area contributed by atoms with Gasteiger partial charge in [-0.3, -0.25) is 0 Å². The molecule has 0 N–H and O–H groups in total. The summed E-state index contributed by atoms with van der Waals surface area (Å²) in [6, 6.07) is 142. The summed E-state index contributed by atoms with van der Waals surface area (Å²) in [5.41, 5.74) is 24.2. The summed E-state index contributed by atoms with van der Waals surface area (Å²) in [6.45, 7) is 0. The van der Waals surface area contributed by atoms with Crippen LogP contribution in [0.4, 0.5) is 0 Å². The predicted octanol–water partition coefficient (Wildman–Crippen LogP) is 27.0. The molecule has 0 atom stereocenters. The molecule has 0 amide bonds. The van der Waals surface area contributed by atoms with Gasteiger partial charge in [0.05, 0.1) is 44.1 Å². The zero-order chi connectivity index (χ0) is 68.3. The van der Waals surface area contributed by atoms with Crippen molar-refractivity contribution in [1.82, 2.24) is 18.3 Å². The topological polar surface area (TPSA) is 19.7 Å². The summed E-state index contributed by atoms with van der Waals surface area (Å²) in [7, 11) is 0. The van der Waals surface area contributed by atoms with E-state index >= 15 is 0 Å². The van der Waals surface area contributed by atoms with E-state index < -0.39 is 0 Å². The third-order valence-electron chi connectivity index (χ3n) is 21.8. The molecular weight excluding hydrogens is 1260 g/mol. The van der Waals surface area contributed by atoms with E-state index in [0.717, 1.165) is 11.4 Å². The van der Waals surface area contributed by atoms with Crippen LogP contribution in [-0.2, 0) is 0 Å². The van der Waals surface area contributed by atoms with Crippen LogP contribution < -0.4 is 0 Å². The Morgan fingerprint density at radius 3 is 0.712 bits per heavy atom. The second kappa shape index (κ2) is 24.0. The first-order chi connectivity index (χ1) is 51.6. The van der Waals surface area contributed by atoms with Gasteiger partial charge in [0.15, 0.2) is 0 Å². The van der Waals surface area contributed by atoms with Crippen molar-refractivity contribution < 1.29 is 0 Å². The lowest BCUT2D eigenvalue weighted by atomic mass is 9.95. The highest BCUT2D eigenvalue weighted by molar-refractivity contribution is 6.26. The van der Waals surface area contributed by atoms with Crippen LogP contribution in [0.3, 0.4) is 0 Å². The van der Waals surface area contributed by atoms with Crippen molar-refractivity contribution in [2.45, 2.75) is 0 Å². The Bertz CT molecular complexity index is 7160. The van der Waals surface area contributed by atoms with Crippen LogP contribution in [0.25, 0.3) is 198 Å². The van der Waals surface area contributed by atoms with Crippen LogP contribution in [0.5, 0.6) is 0 Å². The van der Waals surface area contributed by atoms with Gasteiger partial charge in [-0.15, -0.1) is 0 Å². The normalized spacial score (nSPS) is 11.8. The summed E-state index contributed by atoms with van der Waals surface area (Å²) in [5.74, 6) is 0. The van der Waals surface area contributed by atoms with Gasteiger partial charge in [-0.05, 0) is 209 Å². The van der Waals surface area contributed by atoms with E-state index in [1.165, 1.54) is 186 Å². The van der Waals surface area contributed by atoms with Crippen LogP contribution in [0.15, 0.2) is 388 Å². The fraction of sp³-hybridized carbons (Fsp3) is 0. The molecule has 4 aromatic heterocycles. The summed E-state index contributed by atoms with van der Waals surface area (Å²) >= 11 is 0. The lowest BCUT2D eigenvalue weighted by Crippen LogP contribution is -1.93. The minimum Gasteiger partial charge on any atom is -0.309 e. The van der Waals surface area contributed by atoms with E-state index in [4.69, 9.17) is 0 Å². The van der Waals surface area contributed by atoms with Crippen molar-refractivity contribution in [2.24, 2.45) is 0 Å². The van der Waals surface area contributed by atoms with Crippen molar-refractivity contribution in [3.8, 4) is 67.3 Å². The minimum absolute atomic E-state index is 1.16. The first-order valence-electron chi connectivity index (χ1n) is 35.9. The Labute approximate surface area is 600 Å². The number of para-hydroxylation sites is 6. The fourth-order valence-corrected chi connectivity index (χ4v) is 17.0. The standard InChI is InChI=1S/2C50H32N2/c1-3-11-33(12-4-1)34-21-26-40(27-22-34)52-45-17-9-7-15-42(45)49-41-28-23-36(31-38(41)25-30-47(49)52)37-20-19-35-24-29-48-50(44(35)32-37)43-16-8-10-18-46(43)51(48)39-13-5-2-6-14-39;1-3-11-33(12-4-1)34-21-26-40(27-22-34)52-46-18-10-8-16-43(46)50-44-32-37(20-19-35(44)24-29-48(50)52)36-23-28-41-38(31-36)25-30-47-49(41)42-15-7-9-17-45(42)51(47)39-13-5-2-6-14-39/h2*1-32H. The molecule has 484 valence electrons. The Morgan fingerprint density at radius 1 is 0.125 bits per heavy atom. The molecule has 0 aliphatic heterocycles. The van der Waals surface area contributed by atoms with Crippen molar-refractivity contribution in [2.75, 3.05) is 0 Å². The second-order valence-corrected chi connectivity index (χ2v) is 27.5. The number of fused-ring (bicyclic) bond motifs is 20. The highest BCUT2D eigenvalue weighted by Gasteiger charge is 2.21. The van der Waals surface area contributed by atoms with Crippen molar-refractivity contribution >= 4 is 130 Å². The predicted molar refractivity (Wildman–Crippen MR) is 442 cm³/mol. The summed E-state index contributed by atoms with van der Waals surface area (Å²) in [5, 5.41) is 20.3. The number of rotatable bonds is 8. The SMILES string of the molecule is c1ccc(-c2ccc(-n3c4ccccc4c4c5cc(-c6ccc7c(ccc8c7c7ccccc7n8-c7ccccc7)c6)ccc5ccc43)cc2)cc1.c1ccc(-c2ccc(-n3c4ccccc4c4c5ccc(-c6ccc7ccc8c(c7c6)c6ccccc6n8-c6ccccc6)cc5ccc43)cc2)cc1. The largest absolute Gasteiger partial charge is 0.309 e. The average Bonchev–Trinajstić information content (AvgIpc) is 1.57. The maximum absolute atomic E-state index is 2.42. The molecule has 22 aromatic rings. The Kier molecular flexibility index (Phi) is 13.6. The summed E-state index contributed by atoms with van der Waals surface area (Å²) in [6.07, 6.45) is 0. The van der Waals surface area contributed by atoms with Crippen LogP contribution in [-0.4, -0.2) is 18.3 Å². The molecule has 22 rings (SSSR count). The molecule has 0 aliphatic rings. The molecule has 4 nitrogen and oxygen atoms in total. The summed E-state index contributed by atoms with van der Waals surface area (Å²) < 4.78 is 9.61. The van der Waals surface area contributed by atoms with Gasteiger partial charge in [-0.1, -0.05) is 267 Å². The van der Waals surface area contributed by atoms with Gasteiger partial charge < -0.3 is 18.3 Å². The van der Waals surface area contributed by atoms with E-state index in [0.29, 0.717) is 0 Å². The number of hydrogen-bond donors (Lipinski definition) is 0. The Balaban J connectivity index is 0.000000134. The second-order valence-electron chi connectivity index (χ2n) is 27.5. The number of aromatic nitrogens is 4. The van der Waals surface area contributed by atoms with E-state index in [1.54, 1.807) is 0 Å². The van der Waals surface area contributed by atoms with Gasteiger partial charge in [0, 0.05) is 65.8 Å². The molecule has 0 spiro atoms. The average molecular weight is 1320 g/mol. The molecule has 104 heavy (non-hydrogen) atoms. The smallest absolute Gasteiger partial charge is 0.0547 e. The van der Waals surface area contributed by atoms with Gasteiger partial charge in [-0.2, -0.15) is 0 Å². The zero-order valence-corrected chi connectivity index (χ0v) is 56.7. The van der Waals surface area contributed by atoms with Crippen LogP contribution in [0, 0.1) is 0 Å². The van der Waals surface area contributed by atoms with Crippen molar-refractivity contribution in [1.29, 1.82) is 0 Å². The van der Waals surface area contributed by atoms with E-state index in [1.807, 2.05) is 0 Å². The maximum Gasteiger partial charge on any atom is 0.0547 e. The highest BCUT2D eigenvalue weighted by Crippen LogP contribution is 2.45. The Hall–Kier alpha value is -13.8. The number of nitrogens with zero attached hydrogens (tertiary/aromatic N) is 4. The monoisotopic (exact) mass is 1320 g/mol. The molecule has 4 heterocycles. The van der Waals surface area contributed by atoms with Crippen LogP contribution in [0.1, 0.15) is 0 Å². The van der Waals surface area contributed by atoms with Crippen LogP contribution >= 0.6 is 0 Å². The van der Waals surface area contributed by atoms with E-state index in [9.17, 15) is 0 Å². The first-order valence-corrected chi connectivity index (χ1v) is 35.9. The molecule has 0 saturated heterocycles.